The van der Waals surface area contributed by atoms with E-state index in [2.05, 4.69) is 32.9 Å². The number of nitrogens with zero attached hydrogens (tertiary/aromatic N) is 4. The number of imidazole rings is 1. The van der Waals surface area contributed by atoms with Crippen molar-refractivity contribution in [3.8, 4) is 5.69 Å². The molecule has 0 amide bonds. The highest BCUT2D eigenvalue weighted by Gasteiger charge is 2.09. The Balaban J connectivity index is 2.28. The first-order chi connectivity index (χ1) is 8.74. The molecule has 18 heavy (non-hydrogen) atoms. The lowest BCUT2D eigenvalue weighted by Crippen LogP contribution is -2.24. The molecule has 0 atom stereocenters. The molecule has 2 aromatic heterocycles. The Labute approximate surface area is 114 Å². The monoisotopic (exact) mass is 310 g/mol. The van der Waals surface area contributed by atoms with Crippen molar-refractivity contribution in [2.24, 2.45) is 0 Å². The van der Waals surface area contributed by atoms with Crippen molar-refractivity contribution in [3.05, 3.63) is 39.7 Å². The van der Waals surface area contributed by atoms with Crippen LogP contribution < -0.4 is 5.56 Å². The normalized spacial score (nSPS) is 10.8. The maximum atomic E-state index is 12.1. The summed E-state index contributed by atoms with van der Waals surface area (Å²) in [5.41, 5.74) is 0.613. The van der Waals surface area contributed by atoms with Crippen LogP contribution in [-0.2, 0) is 6.54 Å². The van der Waals surface area contributed by atoms with Gasteiger partial charge in [0.05, 0.1) is 18.2 Å². The van der Waals surface area contributed by atoms with Crippen molar-refractivity contribution in [1.29, 1.82) is 0 Å². The predicted octanol–water partition coefficient (Wildman–Crippen LogP) is 2.38. The lowest BCUT2D eigenvalue weighted by molar-refractivity contribution is 0.525. The summed E-state index contributed by atoms with van der Waals surface area (Å²) in [4.78, 5) is 16.1. The van der Waals surface area contributed by atoms with Crippen LogP contribution in [0.1, 0.15) is 26.2 Å². The van der Waals surface area contributed by atoms with E-state index >= 15 is 0 Å². The van der Waals surface area contributed by atoms with Gasteiger partial charge in [-0.25, -0.2) is 9.67 Å². The molecule has 0 aromatic carbocycles. The van der Waals surface area contributed by atoms with E-state index in [1.165, 1.54) is 4.68 Å². The fraction of sp³-hybridized carbons (Fsp3) is 0.417. The summed E-state index contributed by atoms with van der Waals surface area (Å²) < 4.78 is 3.78. The fourth-order valence-electron chi connectivity index (χ4n) is 1.71. The van der Waals surface area contributed by atoms with Crippen LogP contribution in [0.4, 0.5) is 0 Å². The summed E-state index contributed by atoms with van der Waals surface area (Å²) in [7, 11) is 0. The van der Waals surface area contributed by atoms with Gasteiger partial charge >= 0.3 is 0 Å². The van der Waals surface area contributed by atoms with Gasteiger partial charge in [-0.2, -0.15) is 5.10 Å². The molecule has 0 aliphatic carbocycles. The largest absolute Gasteiger partial charge is 0.303 e. The first-order valence-corrected chi connectivity index (χ1v) is 6.77. The minimum absolute atomic E-state index is 0.0997. The van der Waals surface area contributed by atoms with Crippen LogP contribution in [0.15, 0.2) is 34.2 Å². The average molecular weight is 311 g/mol. The van der Waals surface area contributed by atoms with Crippen molar-refractivity contribution >= 4 is 15.9 Å². The van der Waals surface area contributed by atoms with E-state index in [0.29, 0.717) is 16.7 Å². The molecule has 2 heterocycles. The van der Waals surface area contributed by atoms with Crippen LogP contribution in [0, 0.1) is 0 Å². The number of aryl methyl sites for hydroxylation is 1. The van der Waals surface area contributed by atoms with E-state index in [1.807, 2.05) is 0 Å². The molecule has 0 N–H and O–H groups in total. The van der Waals surface area contributed by atoms with Crippen molar-refractivity contribution in [2.45, 2.75) is 32.7 Å². The molecule has 0 saturated heterocycles. The molecular formula is C12H15BrN4O. The second kappa shape index (κ2) is 5.95. The lowest BCUT2D eigenvalue weighted by atomic mass is 10.2. The van der Waals surface area contributed by atoms with Crippen molar-refractivity contribution in [2.75, 3.05) is 0 Å². The molecule has 96 valence electrons. The maximum absolute atomic E-state index is 12.1. The Bertz CT molecular complexity index is 562. The number of unbranched alkanes of at least 4 members (excludes halogenated alkanes) is 2. The van der Waals surface area contributed by atoms with Crippen molar-refractivity contribution in [3.63, 3.8) is 0 Å². The Morgan fingerprint density at radius 1 is 1.39 bits per heavy atom. The molecule has 0 aliphatic rings. The van der Waals surface area contributed by atoms with Gasteiger partial charge in [-0.3, -0.25) is 4.79 Å². The minimum atomic E-state index is -0.0997. The number of rotatable bonds is 5. The van der Waals surface area contributed by atoms with Gasteiger partial charge in [-0.1, -0.05) is 19.8 Å². The molecule has 5 nitrogen and oxygen atoms in total. The van der Waals surface area contributed by atoms with Crippen LogP contribution in [0.25, 0.3) is 5.69 Å². The molecule has 0 unspecified atom stereocenters. The SMILES string of the molecule is CCCCCn1ncc(-n2ccnc2)c(Br)c1=O. The molecule has 0 saturated carbocycles. The summed E-state index contributed by atoms with van der Waals surface area (Å²) in [6, 6.07) is 0. The molecule has 0 bridgehead atoms. The maximum Gasteiger partial charge on any atom is 0.283 e. The Kier molecular flexibility index (Phi) is 4.30. The molecule has 0 fully saturated rings. The number of aromatic nitrogens is 4. The average Bonchev–Trinajstić information content (AvgIpc) is 2.88. The molecule has 2 rings (SSSR count). The summed E-state index contributed by atoms with van der Waals surface area (Å²) in [6.45, 7) is 2.80. The molecule has 6 heteroatoms. The predicted molar refractivity (Wildman–Crippen MR) is 72.8 cm³/mol. The second-order valence-corrected chi connectivity index (χ2v) is 4.84. The molecule has 2 aromatic rings. The van der Waals surface area contributed by atoms with E-state index in [-0.39, 0.29) is 5.56 Å². The smallest absolute Gasteiger partial charge is 0.283 e. The van der Waals surface area contributed by atoms with E-state index in [0.717, 1.165) is 19.3 Å². The Morgan fingerprint density at radius 2 is 2.22 bits per heavy atom. The van der Waals surface area contributed by atoms with Crippen LogP contribution in [0.5, 0.6) is 0 Å². The Morgan fingerprint density at radius 3 is 2.89 bits per heavy atom. The van der Waals surface area contributed by atoms with Gasteiger partial charge in [0.15, 0.2) is 0 Å². The highest BCUT2D eigenvalue weighted by atomic mass is 79.9. The highest BCUT2D eigenvalue weighted by Crippen LogP contribution is 2.15. The molecule has 0 radical (unpaired) electrons. The van der Waals surface area contributed by atoms with E-state index in [9.17, 15) is 4.79 Å². The molecular weight excluding hydrogens is 296 g/mol. The standard InChI is InChI=1S/C12H15BrN4O/c1-2-3-4-6-17-12(18)11(13)10(8-15-17)16-7-5-14-9-16/h5,7-9H,2-4,6H2,1H3. The van der Waals surface area contributed by atoms with Gasteiger partial charge in [0.1, 0.15) is 4.47 Å². The van der Waals surface area contributed by atoms with Gasteiger partial charge < -0.3 is 4.57 Å². The van der Waals surface area contributed by atoms with Gasteiger partial charge in [0, 0.05) is 18.9 Å². The minimum Gasteiger partial charge on any atom is -0.303 e. The van der Waals surface area contributed by atoms with Crippen LogP contribution in [0.3, 0.4) is 0 Å². The molecule has 0 aliphatic heterocycles. The fourth-order valence-corrected chi connectivity index (χ4v) is 2.22. The lowest BCUT2D eigenvalue weighted by Gasteiger charge is -2.08. The van der Waals surface area contributed by atoms with Crippen LogP contribution in [-0.4, -0.2) is 19.3 Å². The zero-order valence-corrected chi connectivity index (χ0v) is 11.8. The quantitative estimate of drug-likeness (QED) is 0.797. The summed E-state index contributed by atoms with van der Waals surface area (Å²) in [5.74, 6) is 0. The first kappa shape index (κ1) is 13.0. The zero-order valence-electron chi connectivity index (χ0n) is 10.2. The zero-order chi connectivity index (χ0) is 13.0. The van der Waals surface area contributed by atoms with Crippen molar-refractivity contribution in [1.82, 2.24) is 19.3 Å². The van der Waals surface area contributed by atoms with Gasteiger partial charge in [0.2, 0.25) is 0 Å². The van der Waals surface area contributed by atoms with Gasteiger partial charge in [-0.15, -0.1) is 0 Å². The number of hydrogen-bond acceptors (Lipinski definition) is 3. The molecule has 0 spiro atoms. The van der Waals surface area contributed by atoms with Gasteiger partial charge in [-0.05, 0) is 22.4 Å². The van der Waals surface area contributed by atoms with E-state index < -0.39 is 0 Å². The van der Waals surface area contributed by atoms with Gasteiger partial charge in [0.25, 0.3) is 5.56 Å². The second-order valence-electron chi connectivity index (χ2n) is 4.05. The van der Waals surface area contributed by atoms with Crippen molar-refractivity contribution < 1.29 is 0 Å². The highest BCUT2D eigenvalue weighted by molar-refractivity contribution is 9.10. The van der Waals surface area contributed by atoms with E-state index in [4.69, 9.17) is 0 Å². The third-order valence-corrected chi connectivity index (χ3v) is 3.47. The van der Waals surface area contributed by atoms with E-state index in [1.54, 1.807) is 29.5 Å². The van der Waals surface area contributed by atoms with Crippen LogP contribution >= 0.6 is 15.9 Å². The number of hydrogen-bond donors (Lipinski definition) is 0. The summed E-state index contributed by atoms with van der Waals surface area (Å²) in [5, 5.41) is 4.19. The topological polar surface area (TPSA) is 52.7 Å². The van der Waals surface area contributed by atoms with Crippen LogP contribution in [0.2, 0.25) is 0 Å². The summed E-state index contributed by atoms with van der Waals surface area (Å²) in [6.07, 6.45) is 9.97. The number of halogens is 1. The third kappa shape index (κ3) is 2.69. The summed E-state index contributed by atoms with van der Waals surface area (Å²) >= 11 is 3.34. The Hall–Kier alpha value is -1.43. The third-order valence-electron chi connectivity index (χ3n) is 2.72. The first-order valence-electron chi connectivity index (χ1n) is 5.98.